The first-order chi connectivity index (χ1) is 19.8. The number of benzene rings is 1. The number of aliphatic hydroxyl groups is 1. The molecule has 2 N–H and O–H groups in total. The maximum Gasteiger partial charge on any atom is 0.278 e. The standard InChI is InChI=1S/C32H39N7O2/c1-4-18-38-30(40)26-21-33-31(36-29(26)39(38)28-9-7-8-27(35-28)32(2,3)41)34-24-14-10-22(11-15-24)23-12-16-25(17-13-23)37-19-5-6-20-37/h4,7-11,14-15,21,23,25,41H,1,5-6,12-13,16-20H2,2-3H3,(H,33,34,36). The van der Waals surface area contributed by atoms with Gasteiger partial charge in [-0.1, -0.05) is 24.3 Å². The van der Waals surface area contributed by atoms with Crippen molar-refractivity contribution >= 4 is 22.7 Å². The van der Waals surface area contributed by atoms with Crippen LogP contribution in [0.3, 0.4) is 0 Å². The quantitative estimate of drug-likeness (QED) is 0.287. The monoisotopic (exact) mass is 553 g/mol. The van der Waals surface area contributed by atoms with Gasteiger partial charge < -0.3 is 15.3 Å². The first kappa shape index (κ1) is 27.4. The van der Waals surface area contributed by atoms with Crippen LogP contribution < -0.4 is 10.9 Å². The summed E-state index contributed by atoms with van der Waals surface area (Å²) in [6.45, 7) is 10.0. The smallest absolute Gasteiger partial charge is 0.278 e. The molecule has 9 heteroatoms. The number of nitrogens with zero attached hydrogens (tertiary/aromatic N) is 6. The molecule has 2 aliphatic rings. The summed E-state index contributed by atoms with van der Waals surface area (Å²) in [6.07, 6.45) is 11.0. The Morgan fingerprint density at radius 3 is 2.46 bits per heavy atom. The van der Waals surface area contributed by atoms with Gasteiger partial charge in [-0.05, 0) is 101 Å². The van der Waals surface area contributed by atoms with Gasteiger partial charge in [-0.25, -0.2) is 19.3 Å². The molecule has 0 unspecified atom stereocenters. The van der Waals surface area contributed by atoms with E-state index in [1.165, 1.54) is 61.9 Å². The third kappa shape index (κ3) is 5.56. The SMILES string of the molecule is C=CCn1c(=O)c2cnc(Nc3ccc(C4CCC(N5CCCC5)CC4)cc3)nc2n1-c1cccc(C(C)(C)O)n1. The van der Waals surface area contributed by atoms with E-state index in [0.29, 0.717) is 34.4 Å². The van der Waals surface area contributed by atoms with Crippen molar-refractivity contribution in [1.82, 2.24) is 29.2 Å². The van der Waals surface area contributed by atoms with Gasteiger partial charge in [0.25, 0.3) is 5.56 Å². The van der Waals surface area contributed by atoms with E-state index in [1.807, 2.05) is 6.07 Å². The van der Waals surface area contributed by atoms with Gasteiger partial charge in [0.2, 0.25) is 5.95 Å². The van der Waals surface area contributed by atoms with Crippen LogP contribution in [-0.4, -0.2) is 53.5 Å². The summed E-state index contributed by atoms with van der Waals surface area (Å²) < 4.78 is 3.20. The van der Waals surface area contributed by atoms with Crippen LogP contribution >= 0.6 is 0 Å². The summed E-state index contributed by atoms with van der Waals surface area (Å²) in [5, 5.41) is 14.2. The fourth-order valence-electron chi connectivity index (χ4n) is 6.34. The topological polar surface area (TPSA) is 101 Å². The van der Waals surface area contributed by atoms with Crippen LogP contribution in [0.2, 0.25) is 0 Å². The molecule has 1 aromatic carbocycles. The van der Waals surface area contributed by atoms with E-state index < -0.39 is 5.60 Å². The molecule has 3 aromatic heterocycles. The summed E-state index contributed by atoms with van der Waals surface area (Å²) in [7, 11) is 0. The molecule has 0 amide bonds. The fourth-order valence-corrected chi connectivity index (χ4v) is 6.34. The van der Waals surface area contributed by atoms with Crippen molar-refractivity contribution < 1.29 is 5.11 Å². The zero-order chi connectivity index (χ0) is 28.6. The average Bonchev–Trinajstić information content (AvgIpc) is 3.61. The van der Waals surface area contributed by atoms with E-state index in [9.17, 15) is 9.90 Å². The van der Waals surface area contributed by atoms with Gasteiger partial charge in [0, 0.05) is 17.9 Å². The fraction of sp³-hybridized carbons (Fsp3) is 0.438. The first-order valence-electron chi connectivity index (χ1n) is 14.7. The average molecular weight is 554 g/mol. The molecule has 1 aliphatic carbocycles. The molecule has 1 aliphatic heterocycles. The molecule has 9 nitrogen and oxygen atoms in total. The molecule has 6 rings (SSSR count). The molecule has 2 fully saturated rings. The van der Waals surface area contributed by atoms with Crippen molar-refractivity contribution in [2.45, 2.75) is 76.5 Å². The van der Waals surface area contributed by atoms with Gasteiger partial charge in [-0.15, -0.1) is 6.58 Å². The second-order valence-corrected chi connectivity index (χ2v) is 11.9. The molecular formula is C32H39N7O2. The Labute approximate surface area is 240 Å². The summed E-state index contributed by atoms with van der Waals surface area (Å²) in [6, 6.07) is 14.7. The Bertz CT molecular complexity index is 1590. The zero-order valence-corrected chi connectivity index (χ0v) is 24.0. The van der Waals surface area contributed by atoms with Crippen molar-refractivity contribution in [3.05, 3.63) is 82.9 Å². The number of rotatable bonds is 8. The lowest BCUT2D eigenvalue weighted by Gasteiger charge is -2.34. The third-order valence-corrected chi connectivity index (χ3v) is 8.55. The van der Waals surface area contributed by atoms with Crippen molar-refractivity contribution in [2.75, 3.05) is 18.4 Å². The lowest BCUT2D eigenvalue weighted by Crippen LogP contribution is -2.35. The summed E-state index contributed by atoms with van der Waals surface area (Å²) in [5.41, 5.74) is 1.84. The van der Waals surface area contributed by atoms with Crippen LogP contribution in [0.4, 0.5) is 11.6 Å². The molecule has 1 saturated heterocycles. The van der Waals surface area contributed by atoms with E-state index >= 15 is 0 Å². The highest BCUT2D eigenvalue weighted by atomic mass is 16.3. The highest BCUT2D eigenvalue weighted by Gasteiger charge is 2.28. The lowest BCUT2D eigenvalue weighted by molar-refractivity contribution is 0.0738. The largest absolute Gasteiger partial charge is 0.384 e. The van der Waals surface area contributed by atoms with Gasteiger partial charge in [0.15, 0.2) is 11.5 Å². The number of pyridine rings is 1. The zero-order valence-electron chi connectivity index (χ0n) is 24.0. The molecule has 0 radical (unpaired) electrons. The molecule has 214 valence electrons. The van der Waals surface area contributed by atoms with Crippen LogP contribution in [0.25, 0.3) is 16.9 Å². The van der Waals surface area contributed by atoms with Crippen LogP contribution in [0.1, 0.15) is 69.5 Å². The lowest BCUT2D eigenvalue weighted by atomic mass is 9.81. The van der Waals surface area contributed by atoms with E-state index in [4.69, 9.17) is 4.98 Å². The number of likely N-dealkylation sites (tertiary alicyclic amines) is 1. The maximum absolute atomic E-state index is 13.3. The molecule has 41 heavy (non-hydrogen) atoms. The van der Waals surface area contributed by atoms with E-state index in [0.717, 1.165) is 11.7 Å². The number of fused-ring (bicyclic) bond motifs is 1. The molecule has 4 aromatic rings. The predicted molar refractivity (Wildman–Crippen MR) is 162 cm³/mol. The van der Waals surface area contributed by atoms with E-state index in [1.54, 1.807) is 42.9 Å². The Morgan fingerprint density at radius 2 is 1.78 bits per heavy atom. The van der Waals surface area contributed by atoms with E-state index in [-0.39, 0.29) is 12.1 Å². The van der Waals surface area contributed by atoms with Gasteiger partial charge in [-0.2, -0.15) is 4.98 Å². The molecular weight excluding hydrogens is 514 g/mol. The first-order valence-corrected chi connectivity index (χ1v) is 14.7. The minimum absolute atomic E-state index is 0.231. The minimum Gasteiger partial charge on any atom is -0.384 e. The highest BCUT2D eigenvalue weighted by Crippen LogP contribution is 2.36. The summed E-state index contributed by atoms with van der Waals surface area (Å²) in [4.78, 5) is 29.8. The summed E-state index contributed by atoms with van der Waals surface area (Å²) in [5.74, 6) is 1.48. The predicted octanol–water partition coefficient (Wildman–Crippen LogP) is 5.26. The molecule has 1 saturated carbocycles. The van der Waals surface area contributed by atoms with Crippen LogP contribution in [0.15, 0.2) is 66.1 Å². The third-order valence-electron chi connectivity index (χ3n) is 8.55. The second-order valence-electron chi connectivity index (χ2n) is 11.9. The van der Waals surface area contributed by atoms with Gasteiger partial charge in [0.05, 0.1) is 12.2 Å². The van der Waals surface area contributed by atoms with Gasteiger partial charge in [-0.3, -0.25) is 4.79 Å². The number of anilines is 2. The highest BCUT2D eigenvalue weighted by molar-refractivity contribution is 5.77. The summed E-state index contributed by atoms with van der Waals surface area (Å²) >= 11 is 0. The van der Waals surface area contributed by atoms with Gasteiger partial charge >= 0.3 is 0 Å². The van der Waals surface area contributed by atoms with Crippen molar-refractivity contribution in [3.8, 4) is 5.82 Å². The van der Waals surface area contributed by atoms with E-state index in [2.05, 4.69) is 51.0 Å². The Kier molecular flexibility index (Phi) is 7.48. The maximum atomic E-state index is 13.3. The number of nitrogens with one attached hydrogen (secondary N) is 1. The molecule has 4 heterocycles. The van der Waals surface area contributed by atoms with Crippen molar-refractivity contribution in [1.29, 1.82) is 0 Å². The minimum atomic E-state index is -1.14. The molecule has 0 bridgehead atoms. The molecule has 0 spiro atoms. The number of hydrogen-bond acceptors (Lipinski definition) is 7. The van der Waals surface area contributed by atoms with Crippen LogP contribution in [0.5, 0.6) is 0 Å². The van der Waals surface area contributed by atoms with Crippen LogP contribution in [0, 0.1) is 0 Å². The number of allylic oxidation sites excluding steroid dienone is 1. The van der Waals surface area contributed by atoms with Crippen LogP contribution in [-0.2, 0) is 12.1 Å². The Morgan fingerprint density at radius 1 is 1.05 bits per heavy atom. The number of aromatic nitrogens is 5. The Balaban J connectivity index is 1.24. The molecule has 0 atom stereocenters. The normalized spacial score (nSPS) is 20.0. The van der Waals surface area contributed by atoms with Crippen molar-refractivity contribution in [2.24, 2.45) is 0 Å². The number of hydrogen-bond donors (Lipinski definition) is 2. The van der Waals surface area contributed by atoms with Crippen molar-refractivity contribution in [3.63, 3.8) is 0 Å². The Hall–Kier alpha value is -3.82. The van der Waals surface area contributed by atoms with Gasteiger partial charge in [0.1, 0.15) is 11.0 Å². The second kappa shape index (κ2) is 11.2.